The highest BCUT2D eigenvalue weighted by atomic mass is 35.5. The summed E-state index contributed by atoms with van der Waals surface area (Å²) >= 11 is 0. The smallest absolute Gasteiger partial charge is 0.409 e. The number of amides is 1. The predicted molar refractivity (Wildman–Crippen MR) is 98.2 cm³/mol. The summed E-state index contributed by atoms with van der Waals surface area (Å²) in [5.41, 5.74) is 5.30. The average Bonchev–Trinajstić information content (AvgIpc) is 2.47. The fraction of sp³-hybridized carbons (Fsp3) is 0.588. The van der Waals surface area contributed by atoms with Gasteiger partial charge in [-0.3, -0.25) is 5.32 Å². The number of para-hydroxylation sites is 2. The Bertz CT molecular complexity index is 512. The summed E-state index contributed by atoms with van der Waals surface area (Å²) in [5.74, 6) is 0.514. The summed E-state index contributed by atoms with van der Waals surface area (Å²) in [4.78, 5) is 10.3. The lowest BCUT2D eigenvalue weighted by Gasteiger charge is -2.42. The first kappa shape index (κ1) is 22.5. The van der Waals surface area contributed by atoms with Gasteiger partial charge in [0.25, 0.3) is 0 Å². The number of methoxy groups -OCH3 is 1. The molecule has 138 valence electrons. The second-order valence-electron chi connectivity index (χ2n) is 6.44. The molecule has 1 fully saturated rings. The third kappa shape index (κ3) is 6.55. The number of rotatable bonds is 3. The van der Waals surface area contributed by atoms with Crippen molar-refractivity contribution in [3.8, 4) is 5.75 Å². The van der Waals surface area contributed by atoms with E-state index in [1.807, 2.05) is 13.8 Å². The van der Waals surface area contributed by atoms with Gasteiger partial charge in [0.1, 0.15) is 5.75 Å². The van der Waals surface area contributed by atoms with Crippen LogP contribution in [0.2, 0.25) is 0 Å². The summed E-state index contributed by atoms with van der Waals surface area (Å²) in [6.45, 7) is 3.83. The standard InChI is InChI=1S/C9H19NO.C8H9NO3.ClH/c1-8(2,10)9(11)6-4-3-5-7-9;1-12-7-5-3-2-4-6(7)9-8(10)11;/h11H,3-7,10H2,1-2H3;2-5,9H,1H3,(H,10,11);1H. The highest BCUT2D eigenvalue weighted by molar-refractivity contribution is 5.85. The van der Waals surface area contributed by atoms with Gasteiger partial charge >= 0.3 is 6.09 Å². The fourth-order valence-electron chi connectivity index (χ4n) is 2.64. The topological polar surface area (TPSA) is 105 Å². The van der Waals surface area contributed by atoms with Crippen molar-refractivity contribution in [3.63, 3.8) is 0 Å². The van der Waals surface area contributed by atoms with E-state index in [9.17, 15) is 9.90 Å². The summed E-state index contributed by atoms with van der Waals surface area (Å²) in [5, 5.41) is 20.7. The van der Waals surface area contributed by atoms with Crippen LogP contribution in [-0.2, 0) is 0 Å². The molecule has 24 heavy (non-hydrogen) atoms. The first-order valence-electron chi connectivity index (χ1n) is 7.84. The number of benzene rings is 1. The van der Waals surface area contributed by atoms with Crippen molar-refractivity contribution in [2.45, 2.75) is 57.1 Å². The number of carbonyl (C=O) groups is 1. The zero-order chi connectivity index (χ0) is 17.5. The van der Waals surface area contributed by atoms with Crippen LogP contribution in [0.3, 0.4) is 0 Å². The molecule has 2 rings (SSSR count). The molecule has 1 amide bonds. The van der Waals surface area contributed by atoms with E-state index in [0.29, 0.717) is 11.4 Å². The van der Waals surface area contributed by atoms with Crippen LogP contribution >= 0.6 is 12.4 Å². The van der Waals surface area contributed by atoms with Gasteiger partial charge in [-0.25, -0.2) is 4.79 Å². The Morgan fingerprint density at radius 1 is 1.25 bits per heavy atom. The summed E-state index contributed by atoms with van der Waals surface area (Å²) in [7, 11) is 1.49. The Labute approximate surface area is 149 Å². The summed E-state index contributed by atoms with van der Waals surface area (Å²) in [6, 6.07) is 6.82. The van der Waals surface area contributed by atoms with Crippen LogP contribution < -0.4 is 15.8 Å². The van der Waals surface area contributed by atoms with Gasteiger partial charge in [0.15, 0.2) is 0 Å². The minimum Gasteiger partial charge on any atom is -0.495 e. The van der Waals surface area contributed by atoms with Gasteiger partial charge in [-0.2, -0.15) is 0 Å². The molecule has 1 aromatic carbocycles. The van der Waals surface area contributed by atoms with Gasteiger partial charge in [0.05, 0.1) is 18.4 Å². The van der Waals surface area contributed by atoms with Gasteiger partial charge in [-0.15, -0.1) is 12.4 Å². The van der Waals surface area contributed by atoms with Crippen LogP contribution in [0.4, 0.5) is 10.5 Å². The molecule has 0 bridgehead atoms. The van der Waals surface area contributed by atoms with Crippen molar-refractivity contribution in [2.75, 3.05) is 12.4 Å². The van der Waals surface area contributed by atoms with Gasteiger partial charge in [0, 0.05) is 5.54 Å². The Morgan fingerprint density at radius 2 is 1.79 bits per heavy atom. The molecular formula is C17H29ClN2O4. The molecule has 1 aliphatic carbocycles. The van der Waals surface area contributed by atoms with E-state index >= 15 is 0 Å². The van der Waals surface area contributed by atoms with E-state index in [0.717, 1.165) is 25.7 Å². The molecule has 0 spiro atoms. The molecule has 0 radical (unpaired) electrons. The van der Waals surface area contributed by atoms with E-state index in [2.05, 4.69) is 5.32 Å². The lowest BCUT2D eigenvalue weighted by molar-refractivity contribution is -0.0512. The Kier molecular flexibility index (Phi) is 9.11. The van der Waals surface area contributed by atoms with Crippen LogP contribution in [0.1, 0.15) is 46.0 Å². The minimum atomic E-state index is -1.10. The fourth-order valence-corrected chi connectivity index (χ4v) is 2.64. The zero-order valence-electron chi connectivity index (χ0n) is 14.5. The molecule has 0 unspecified atom stereocenters. The lowest BCUT2D eigenvalue weighted by atomic mass is 9.73. The van der Waals surface area contributed by atoms with E-state index in [-0.39, 0.29) is 12.4 Å². The molecule has 1 saturated carbocycles. The van der Waals surface area contributed by atoms with Crippen LogP contribution in [0.5, 0.6) is 5.75 Å². The predicted octanol–water partition coefficient (Wildman–Crippen LogP) is 3.63. The number of carboxylic acid groups (broad SMARTS) is 1. The quantitative estimate of drug-likeness (QED) is 0.658. The van der Waals surface area contributed by atoms with E-state index in [4.69, 9.17) is 15.6 Å². The number of nitrogens with one attached hydrogen (secondary N) is 1. The third-order valence-electron chi connectivity index (χ3n) is 4.23. The second kappa shape index (κ2) is 9.71. The van der Waals surface area contributed by atoms with Gasteiger partial charge in [0.2, 0.25) is 0 Å². The number of nitrogens with two attached hydrogens (primary N) is 1. The monoisotopic (exact) mass is 360 g/mol. The Hall–Kier alpha value is -1.50. The van der Waals surface area contributed by atoms with Crippen LogP contribution in [0, 0.1) is 0 Å². The lowest BCUT2D eigenvalue weighted by Crippen LogP contribution is -2.57. The Balaban J connectivity index is 0.000000425. The van der Waals surface area contributed by atoms with Crippen LogP contribution in [-0.4, -0.2) is 34.6 Å². The molecule has 1 aliphatic rings. The highest BCUT2D eigenvalue weighted by Crippen LogP contribution is 2.35. The molecule has 6 nitrogen and oxygen atoms in total. The van der Waals surface area contributed by atoms with Gasteiger partial charge in [-0.1, -0.05) is 31.4 Å². The van der Waals surface area contributed by atoms with Crippen molar-refractivity contribution >= 4 is 24.2 Å². The molecule has 0 atom stereocenters. The molecular weight excluding hydrogens is 332 g/mol. The van der Waals surface area contributed by atoms with Crippen molar-refractivity contribution < 1.29 is 19.7 Å². The average molecular weight is 361 g/mol. The molecule has 1 aromatic rings. The maximum atomic E-state index is 10.3. The number of anilines is 1. The number of aliphatic hydroxyl groups is 1. The second-order valence-corrected chi connectivity index (χ2v) is 6.44. The molecule has 5 N–H and O–H groups in total. The largest absolute Gasteiger partial charge is 0.495 e. The van der Waals surface area contributed by atoms with Crippen LogP contribution in [0.25, 0.3) is 0 Å². The number of hydrogen-bond acceptors (Lipinski definition) is 4. The molecule has 0 aliphatic heterocycles. The maximum Gasteiger partial charge on any atom is 0.409 e. The third-order valence-corrected chi connectivity index (χ3v) is 4.23. The summed E-state index contributed by atoms with van der Waals surface area (Å²) < 4.78 is 4.92. The number of hydrogen-bond donors (Lipinski definition) is 4. The van der Waals surface area contributed by atoms with Gasteiger partial charge in [-0.05, 0) is 38.8 Å². The SMILES string of the molecule is CC(C)(N)C1(O)CCCCC1.COc1ccccc1NC(=O)O.Cl. The van der Waals surface area contributed by atoms with E-state index < -0.39 is 17.2 Å². The number of ether oxygens (including phenoxy) is 1. The zero-order valence-corrected chi connectivity index (χ0v) is 15.4. The van der Waals surface area contributed by atoms with Crippen molar-refractivity contribution in [1.29, 1.82) is 0 Å². The summed E-state index contributed by atoms with van der Waals surface area (Å²) in [6.07, 6.45) is 4.14. The van der Waals surface area contributed by atoms with E-state index in [1.54, 1.807) is 24.3 Å². The van der Waals surface area contributed by atoms with Crippen molar-refractivity contribution in [2.24, 2.45) is 5.73 Å². The number of halogens is 1. The molecule has 0 heterocycles. The van der Waals surface area contributed by atoms with Crippen molar-refractivity contribution in [3.05, 3.63) is 24.3 Å². The first-order valence-corrected chi connectivity index (χ1v) is 7.84. The molecule has 0 aromatic heterocycles. The van der Waals surface area contributed by atoms with Crippen LogP contribution in [0.15, 0.2) is 24.3 Å². The maximum absolute atomic E-state index is 10.3. The highest BCUT2D eigenvalue weighted by Gasteiger charge is 2.40. The minimum absolute atomic E-state index is 0. The van der Waals surface area contributed by atoms with E-state index in [1.165, 1.54) is 13.5 Å². The Morgan fingerprint density at radius 3 is 2.21 bits per heavy atom. The molecule has 0 saturated heterocycles. The van der Waals surface area contributed by atoms with Crippen molar-refractivity contribution in [1.82, 2.24) is 0 Å². The first-order chi connectivity index (χ1) is 10.7. The normalized spacial score (nSPS) is 16.0. The molecule has 7 heteroatoms. The van der Waals surface area contributed by atoms with Gasteiger partial charge < -0.3 is 20.7 Å².